The van der Waals surface area contributed by atoms with E-state index in [9.17, 15) is 0 Å². The Bertz CT molecular complexity index is 554. The molecule has 0 spiro atoms. The number of likely N-dealkylation sites (N-methyl/N-ethyl adjacent to an activating group) is 1. The Morgan fingerprint density at radius 1 is 1.32 bits per heavy atom. The predicted octanol–water partition coefficient (Wildman–Crippen LogP) is 2.48. The Morgan fingerprint density at radius 2 is 2.11 bits per heavy atom. The second-order valence-electron chi connectivity index (χ2n) is 5.01. The molecule has 2 aromatic rings. The van der Waals surface area contributed by atoms with E-state index in [-0.39, 0.29) is 6.61 Å². The summed E-state index contributed by atoms with van der Waals surface area (Å²) in [4.78, 5) is 6.38. The number of aliphatic hydroxyl groups is 1. The van der Waals surface area contributed by atoms with E-state index in [4.69, 9.17) is 5.11 Å². The normalized spacial score (nSPS) is 11.0. The van der Waals surface area contributed by atoms with E-state index in [1.54, 1.807) is 0 Å². The monoisotopic (exact) mass is 259 g/mol. The zero-order chi connectivity index (χ0) is 13.8. The molecule has 0 aliphatic carbocycles. The van der Waals surface area contributed by atoms with Crippen LogP contribution in [-0.2, 0) is 0 Å². The summed E-state index contributed by atoms with van der Waals surface area (Å²) in [6.07, 6.45) is 1.81. The molecule has 19 heavy (non-hydrogen) atoms. The molecule has 0 fully saturated rings. The molecular weight excluding hydrogens is 238 g/mol. The quantitative estimate of drug-likeness (QED) is 0.866. The number of aliphatic hydroxyl groups excluding tert-OH is 1. The van der Waals surface area contributed by atoms with Gasteiger partial charge in [0.1, 0.15) is 5.82 Å². The molecule has 0 saturated carbocycles. The van der Waals surface area contributed by atoms with E-state index in [0.29, 0.717) is 12.6 Å². The van der Waals surface area contributed by atoms with Crippen molar-refractivity contribution in [3.05, 3.63) is 30.5 Å². The van der Waals surface area contributed by atoms with Crippen molar-refractivity contribution in [1.29, 1.82) is 0 Å². The molecule has 0 atom stereocenters. The second kappa shape index (κ2) is 5.89. The van der Waals surface area contributed by atoms with Crippen LogP contribution in [0.25, 0.3) is 10.8 Å². The molecule has 102 valence electrons. The Morgan fingerprint density at radius 3 is 2.79 bits per heavy atom. The molecule has 0 aliphatic heterocycles. The van der Waals surface area contributed by atoms with Gasteiger partial charge in [0, 0.05) is 36.9 Å². The predicted molar refractivity (Wildman–Crippen MR) is 80.9 cm³/mol. The summed E-state index contributed by atoms with van der Waals surface area (Å²) in [6, 6.07) is 8.71. The third-order valence-corrected chi connectivity index (χ3v) is 3.00. The Balaban J connectivity index is 2.40. The minimum atomic E-state index is 0.127. The highest BCUT2D eigenvalue weighted by Crippen LogP contribution is 2.26. The fourth-order valence-electron chi connectivity index (χ4n) is 2.15. The number of rotatable bonds is 5. The smallest absolute Gasteiger partial charge is 0.136 e. The Kier molecular flexibility index (Phi) is 4.22. The van der Waals surface area contributed by atoms with Crippen molar-refractivity contribution < 1.29 is 5.11 Å². The fraction of sp³-hybridized carbons (Fsp3) is 0.400. The molecule has 2 N–H and O–H groups in total. The van der Waals surface area contributed by atoms with Crippen LogP contribution in [0, 0.1) is 0 Å². The summed E-state index contributed by atoms with van der Waals surface area (Å²) < 4.78 is 0. The van der Waals surface area contributed by atoms with Gasteiger partial charge >= 0.3 is 0 Å². The highest BCUT2D eigenvalue weighted by molar-refractivity contribution is 5.94. The number of fused-ring (bicyclic) bond motifs is 1. The maximum atomic E-state index is 9.03. The van der Waals surface area contributed by atoms with Crippen LogP contribution in [0.2, 0.25) is 0 Å². The van der Waals surface area contributed by atoms with Gasteiger partial charge in [-0.1, -0.05) is 0 Å². The Hall–Kier alpha value is -1.81. The van der Waals surface area contributed by atoms with Crippen molar-refractivity contribution in [2.24, 2.45) is 0 Å². The van der Waals surface area contributed by atoms with Gasteiger partial charge in [-0.3, -0.25) is 0 Å². The first kappa shape index (κ1) is 13.6. The standard InChI is InChI=1S/C15H21N3O/c1-11(2)17-13-4-5-14-12(10-13)6-7-16-15(14)18(3)8-9-19/h4-7,10-11,17,19H,8-9H2,1-3H3. The van der Waals surface area contributed by atoms with Crippen LogP contribution in [-0.4, -0.2) is 36.3 Å². The molecule has 0 aliphatic rings. The zero-order valence-electron chi connectivity index (χ0n) is 11.7. The molecule has 2 rings (SSSR count). The molecule has 0 unspecified atom stereocenters. The highest BCUT2D eigenvalue weighted by atomic mass is 16.3. The molecule has 1 heterocycles. The van der Waals surface area contributed by atoms with Crippen LogP contribution < -0.4 is 10.2 Å². The molecule has 0 radical (unpaired) electrons. The van der Waals surface area contributed by atoms with Crippen LogP contribution in [0.3, 0.4) is 0 Å². The summed E-state index contributed by atoms with van der Waals surface area (Å²) >= 11 is 0. The second-order valence-corrected chi connectivity index (χ2v) is 5.01. The van der Waals surface area contributed by atoms with E-state index < -0.39 is 0 Å². The van der Waals surface area contributed by atoms with Crippen LogP contribution in [0.1, 0.15) is 13.8 Å². The van der Waals surface area contributed by atoms with Crippen molar-refractivity contribution in [2.45, 2.75) is 19.9 Å². The van der Waals surface area contributed by atoms with E-state index in [2.05, 4.69) is 42.3 Å². The summed E-state index contributed by atoms with van der Waals surface area (Å²) in [7, 11) is 1.94. The van der Waals surface area contributed by atoms with Gasteiger partial charge in [0.15, 0.2) is 0 Å². The van der Waals surface area contributed by atoms with Crippen molar-refractivity contribution >= 4 is 22.3 Å². The SMILES string of the molecule is CC(C)Nc1ccc2c(N(C)CCO)nccc2c1. The first-order valence-corrected chi connectivity index (χ1v) is 6.59. The largest absolute Gasteiger partial charge is 0.395 e. The highest BCUT2D eigenvalue weighted by Gasteiger charge is 2.07. The summed E-state index contributed by atoms with van der Waals surface area (Å²) in [5, 5.41) is 14.7. The van der Waals surface area contributed by atoms with Gasteiger partial charge in [-0.25, -0.2) is 4.98 Å². The lowest BCUT2D eigenvalue weighted by atomic mass is 10.1. The third kappa shape index (κ3) is 3.15. The number of hydrogen-bond donors (Lipinski definition) is 2. The molecule has 0 amide bonds. The molecule has 0 saturated heterocycles. The van der Waals surface area contributed by atoms with Gasteiger partial charge in [-0.15, -0.1) is 0 Å². The average molecular weight is 259 g/mol. The van der Waals surface area contributed by atoms with Crippen LogP contribution in [0.4, 0.5) is 11.5 Å². The van der Waals surface area contributed by atoms with E-state index in [1.165, 1.54) is 0 Å². The number of nitrogens with one attached hydrogen (secondary N) is 1. The summed E-state index contributed by atoms with van der Waals surface area (Å²) in [5.41, 5.74) is 1.12. The van der Waals surface area contributed by atoms with Gasteiger partial charge in [-0.2, -0.15) is 0 Å². The van der Waals surface area contributed by atoms with Crippen molar-refractivity contribution in [2.75, 3.05) is 30.4 Å². The van der Waals surface area contributed by atoms with Gasteiger partial charge in [0.25, 0.3) is 0 Å². The molecule has 0 bridgehead atoms. The molecule has 4 nitrogen and oxygen atoms in total. The topological polar surface area (TPSA) is 48.4 Å². The first-order chi connectivity index (χ1) is 9.11. The molecule has 4 heteroatoms. The summed E-state index contributed by atoms with van der Waals surface area (Å²) in [6.45, 7) is 4.95. The zero-order valence-corrected chi connectivity index (χ0v) is 11.7. The van der Waals surface area contributed by atoms with Gasteiger partial charge < -0.3 is 15.3 Å². The fourth-order valence-corrected chi connectivity index (χ4v) is 2.15. The van der Waals surface area contributed by atoms with Gasteiger partial charge in [0.05, 0.1) is 6.61 Å². The van der Waals surface area contributed by atoms with Gasteiger partial charge in [0.2, 0.25) is 0 Å². The maximum absolute atomic E-state index is 9.03. The van der Waals surface area contributed by atoms with Gasteiger partial charge in [-0.05, 0) is 43.5 Å². The minimum absolute atomic E-state index is 0.127. The maximum Gasteiger partial charge on any atom is 0.136 e. The van der Waals surface area contributed by atoms with Crippen molar-refractivity contribution in [3.8, 4) is 0 Å². The molecule has 1 aromatic carbocycles. The van der Waals surface area contributed by atoms with Crippen LogP contribution >= 0.6 is 0 Å². The first-order valence-electron chi connectivity index (χ1n) is 6.59. The van der Waals surface area contributed by atoms with Crippen molar-refractivity contribution in [3.63, 3.8) is 0 Å². The van der Waals surface area contributed by atoms with Crippen LogP contribution in [0.15, 0.2) is 30.5 Å². The van der Waals surface area contributed by atoms with E-state index in [1.807, 2.05) is 24.2 Å². The number of nitrogens with zero attached hydrogens (tertiary/aromatic N) is 2. The average Bonchev–Trinajstić information content (AvgIpc) is 2.37. The number of benzene rings is 1. The lowest BCUT2D eigenvalue weighted by molar-refractivity contribution is 0.304. The van der Waals surface area contributed by atoms with Crippen molar-refractivity contribution in [1.82, 2.24) is 4.98 Å². The molecular formula is C15H21N3O. The summed E-state index contributed by atoms with van der Waals surface area (Å²) in [5.74, 6) is 0.905. The van der Waals surface area contributed by atoms with E-state index in [0.717, 1.165) is 22.3 Å². The number of hydrogen-bond acceptors (Lipinski definition) is 4. The third-order valence-electron chi connectivity index (χ3n) is 3.00. The minimum Gasteiger partial charge on any atom is -0.395 e. The van der Waals surface area contributed by atoms with E-state index >= 15 is 0 Å². The number of pyridine rings is 1. The number of aromatic nitrogens is 1. The lowest BCUT2D eigenvalue weighted by Gasteiger charge is -2.19. The lowest BCUT2D eigenvalue weighted by Crippen LogP contribution is -2.22. The molecule has 1 aromatic heterocycles. The Labute approximate surface area is 114 Å². The van der Waals surface area contributed by atoms with Crippen LogP contribution in [0.5, 0.6) is 0 Å². The number of anilines is 2.